The molecule has 1 unspecified atom stereocenters. The summed E-state index contributed by atoms with van der Waals surface area (Å²) in [7, 11) is 0. The Labute approximate surface area is 189 Å². The van der Waals surface area contributed by atoms with E-state index in [4.69, 9.17) is 10.5 Å². The Morgan fingerprint density at radius 2 is 1.84 bits per heavy atom. The first-order chi connectivity index (χ1) is 15.5. The fourth-order valence-corrected chi connectivity index (χ4v) is 4.35. The Balaban J connectivity index is 1.45. The maximum Gasteiger partial charge on any atom is 0.289 e. The number of nitrogens with two attached hydrogens (primary N) is 1. The highest BCUT2D eigenvalue weighted by Crippen LogP contribution is 2.28. The highest BCUT2D eigenvalue weighted by atomic mass is 32.2. The van der Waals surface area contributed by atoms with E-state index in [0.29, 0.717) is 35.4 Å². The fraction of sp³-hybridized carbons (Fsp3) is 0.208. The summed E-state index contributed by atoms with van der Waals surface area (Å²) in [5, 5.41) is -0.245. The second kappa shape index (κ2) is 9.82. The first kappa shape index (κ1) is 21.8. The van der Waals surface area contributed by atoms with Crippen LogP contribution in [-0.4, -0.2) is 39.4 Å². The number of imide groups is 1. The molecule has 2 heterocycles. The van der Waals surface area contributed by atoms with Crippen molar-refractivity contribution in [1.82, 2.24) is 9.88 Å². The molecule has 4 rings (SSSR count). The van der Waals surface area contributed by atoms with Crippen LogP contribution in [0.15, 0.2) is 67.0 Å². The van der Waals surface area contributed by atoms with Gasteiger partial charge in [0.05, 0.1) is 11.8 Å². The minimum atomic E-state index is -0.385. The number of carbonyl (C=O) groups is 2. The normalized spacial score (nSPS) is 14.6. The van der Waals surface area contributed by atoms with E-state index in [-0.39, 0.29) is 35.4 Å². The van der Waals surface area contributed by atoms with Crippen LogP contribution in [0.1, 0.15) is 12.0 Å². The van der Waals surface area contributed by atoms with Crippen molar-refractivity contribution in [3.63, 3.8) is 0 Å². The molecule has 3 aromatic rings. The van der Waals surface area contributed by atoms with E-state index in [1.165, 1.54) is 17.0 Å². The fourth-order valence-electron chi connectivity index (χ4n) is 3.57. The second-order valence-corrected chi connectivity index (χ2v) is 8.37. The molecule has 1 saturated heterocycles. The number of thioether (sulfide) groups is 1. The van der Waals surface area contributed by atoms with Crippen LogP contribution in [0.3, 0.4) is 0 Å². The zero-order valence-electron chi connectivity index (χ0n) is 17.2. The van der Waals surface area contributed by atoms with E-state index in [9.17, 15) is 14.0 Å². The summed E-state index contributed by atoms with van der Waals surface area (Å²) in [6.45, 7) is 0.176. The summed E-state index contributed by atoms with van der Waals surface area (Å²) in [5.41, 5.74) is 8.42. The van der Waals surface area contributed by atoms with Crippen LogP contribution >= 0.6 is 11.8 Å². The number of nitrogens with zero attached hydrogens (tertiary/aromatic N) is 2. The number of ether oxygens (including phenoxy) is 1. The highest BCUT2D eigenvalue weighted by Gasteiger charge is 2.36. The van der Waals surface area contributed by atoms with Crippen LogP contribution in [0.5, 0.6) is 5.75 Å². The van der Waals surface area contributed by atoms with Gasteiger partial charge in [-0.15, -0.1) is 0 Å². The summed E-state index contributed by atoms with van der Waals surface area (Å²) in [6, 6.07) is 14.9. The van der Waals surface area contributed by atoms with Crippen LogP contribution in [-0.2, 0) is 11.2 Å². The SMILES string of the molecule is Nc1ccc(F)c(-c2ccc(OCC(CCc3ccncc3)N3C(=O)CSC3=O)cc2)c1. The highest BCUT2D eigenvalue weighted by molar-refractivity contribution is 8.14. The number of aryl methyl sites for hydroxylation is 1. The van der Waals surface area contributed by atoms with E-state index in [1.54, 1.807) is 42.7 Å². The topological polar surface area (TPSA) is 85.5 Å². The van der Waals surface area contributed by atoms with Gasteiger partial charge in [0.1, 0.15) is 18.2 Å². The average molecular weight is 452 g/mol. The summed E-state index contributed by atoms with van der Waals surface area (Å²) < 4.78 is 20.0. The van der Waals surface area contributed by atoms with Gasteiger partial charge in [0.15, 0.2) is 0 Å². The number of carbonyl (C=O) groups excluding carboxylic acids is 2. The van der Waals surface area contributed by atoms with Crippen molar-refractivity contribution in [3.8, 4) is 16.9 Å². The molecule has 8 heteroatoms. The number of nitrogen functional groups attached to an aromatic ring is 1. The van der Waals surface area contributed by atoms with Crippen molar-refractivity contribution in [2.75, 3.05) is 18.1 Å². The van der Waals surface area contributed by atoms with Crippen molar-refractivity contribution in [3.05, 3.63) is 78.4 Å². The molecule has 2 N–H and O–H groups in total. The van der Waals surface area contributed by atoms with Gasteiger partial charge in [0, 0.05) is 23.6 Å². The molecular weight excluding hydrogens is 429 g/mol. The van der Waals surface area contributed by atoms with Gasteiger partial charge in [-0.3, -0.25) is 19.5 Å². The molecule has 6 nitrogen and oxygen atoms in total. The van der Waals surface area contributed by atoms with Crippen LogP contribution in [0.2, 0.25) is 0 Å². The summed E-state index contributed by atoms with van der Waals surface area (Å²) >= 11 is 1.01. The molecular formula is C24H22FN3O3S. The largest absolute Gasteiger partial charge is 0.491 e. The minimum Gasteiger partial charge on any atom is -0.491 e. The van der Waals surface area contributed by atoms with Gasteiger partial charge in [-0.25, -0.2) is 4.39 Å². The molecule has 0 spiro atoms. The van der Waals surface area contributed by atoms with Crippen LogP contribution in [0.4, 0.5) is 14.9 Å². The van der Waals surface area contributed by atoms with Crippen molar-refractivity contribution < 1.29 is 18.7 Å². The first-order valence-electron chi connectivity index (χ1n) is 10.2. The number of pyridine rings is 1. The average Bonchev–Trinajstić information content (AvgIpc) is 3.15. The smallest absolute Gasteiger partial charge is 0.289 e. The van der Waals surface area contributed by atoms with Gasteiger partial charge in [-0.05, 0) is 66.4 Å². The Hall–Kier alpha value is -3.39. The lowest BCUT2D eigenvalue weighted by Crippen LogP contribution is -2.43. The van der Waals surface area contributed by atoms with E-state index < -0.39 is 0 Å². The molecule has 2 aromatic carbocycles. The molecule has 1 atom stereocenters. The Morgan fingerprint density at radius 1 is 1.09 bits per heavy atom. The number of aromatic nitrogens is 1. The number of benzene rings is 2. The minimum absolute atomic E-state index is 0.158. The van der Waals surface area contributed by atoms with Crippen LogP contribution < -0.4 is 10.5 Å². The third-order valence-corrected chi connectivity index (χ3v) is 6.10. The van der Waals surface area contributed by atoms with Crippen molar-refractivity contribution in [2.24, 2.45) is 0 Å². The van der Waals surface area contributed by atoms with Gasteiger partial charge in [0.2, 0.25) is 5.91 Å². The molecule has 32 heavy (non-hydrogen) atoms. The van der Waals surface area contributed by atoms with Gasteiger partial charge < -0.3 is 10.5 Å². The number of anilines is 1. The molecule has 2 amide bonds. The van der Waals surface area contributed by atoms with E-state index in [2.05, 4.69) is 4.98 Å². The number of hydrogen-bond acceptors (Lipinski definition) is 6. The Kier molecular flexibility index (Phi) is 6.70. The monoisotopic (exact) mass is 451 g/mol. The molecule has 164 valence electrons. The molecule has 1 aliphatic heterocycles. The lowest BCUT2D eigenvalue weighted by atomic mass is 10.0. The Bertz CT molecular complexity index is 1090. The summed E-state index contributed by atoms with van der Waals surface area (Å²) in [5.74, 6) is 0.174. The lowest BCUT2D eigenvalue weighted by molar-refractivity contribution is -0.126. The molecule has 0 saturated carbocycles. The van der Waals surface area contributed by atoms with Gasteiger partial charge >= 0.3 is 0 Å². The standard InChI is InChI=1S/C24H22FN3O3S/c25-22-8-4-18(26)13-21(22)17-2-6-20(7-3-17)31-14-19(28-23(29)15-32-24(28)30)5-1-16-9-11-27-12-10-16/h2-4,6-13,19H,1,5,14-15,26H2. The second-order valence-electron chi connectivity index (χ2n) is 7.44. The predicted molar refractivity (Wildman–Crippen MR) is 123 cm³/mol. The van der Waals surface area contributed by atoms with E-state index in [0.717, 1.165) is 17.3 Å². The summed E-state index contributed by atoms with van der Waals surface area (Å²) in [4.78, 5) is 29.9. The molecule has 0 bridgehead atoms. The third-order valence-electron chi connectivity index (χ3n) is 5.26. The maximum atomic E-state index is 14.1. The molecule has 1 fully saturated rings. The van der Waals surface area contributed by atoms with Crippen molar-refractivity contribution in [1.29, 1.82) is 0 Å². The van der Waals surface area contributed by atoms with E-state index >= 15 is 0 Å². The zero-order chi connectivity index (χ0) is 22.5. The molecule has 1 aliphatic rings. The van der Waals surface area contributed by atoms with Crippen molar-refractivity contribution >= 4 is 28.6 Å². The van der Waals surface area contributed by atoms with Crippen molar-refractivity contribution in [2.45, 2.75) is 18.9 Å². The number of halogens is 1. The molecule has 0 radical (unpaired) electrons. The van der Waals surface area contributed by atoms with Crippen LogP contribution in [0, 0.1) is 5.82 Å². The van der Waals surface area contributed by atoms with E-state index in [1.807, 2.05) is 12.1 Å². The summed E-state index contributed by atoms with van der Waals surface area (Å²) in [6.07, 6.45) is 4.70. The quantitative estimate of drug-likeness (QED) is 0.506. The maximum absolute atomic E-state index is 14.1. The molecule has 1 aromatic heterocycles. The van der Waals surface area contributed by atoms with Gasteiger partial charge in [-0.1, -0.05) is 23.9 Å². The zero-order valence-corrected chi connectivity index (χ0v) is 18.1. The number of amides is 2. The predicted octanol–water partition coefficient (Wildman–Crippen LogP) is 4.55. The third kappa shape index (κ3) is 5.08. The Morgan fingerprint density at radius 3 is 2.53 bits per heavy atom. The number of hydrogen-bond donors (Lipinski definition) is 1. The van der Waals surface area contributed by atoms with Gasteiger partial charge in [-0.2, -0.15) is 0 Å². The lowest BCUT2D eigenvalue weighted by Gasteiger charge is -2.25. The molecule has 0 aliphatic carbocycles. The van der Waals surface area contributed by atoms with Crippen LogP contribution in [0.25, 0.3) is 11.1 Å². The van der Waals surface area contributed by atoms with Gasteiger partial charge in [0.25, 0.3) is 5.24 Å². The first-order valence-corrected chi connectivity index (χ1v) is 11.2. The number of rotatable bonds is 8.